The zero-order valence-corrected chi connectivity index (χ0v) is 12.0. The van der Waals surface area contributed by atoms with Crippen molar-refractivity contribution in [2.75, 3.05) is 0 Å². The molecule has 0 spiro atoms. The minimum atomic E-state index is 0.0532. The second kappa shape index (κ2) is 6.84. The molecule has 0 aromatic carbocycles. The van der Waals surface area contributed by atoms with Crippen molar-refractivity contribution in [2.24, 2.45) is 0 Å². The summed E-state index contributed by atoms with van der Waals surface area (Å²) in [5, 5.41) is 7.28. The number of hydrogen-bond donors (Lipinski definition) is 1. The van der Waals surface area contributed by atoms with E-state index in [0.29, 0.717) is 13.0 Å². The van der Waals surface area contributed by atoms with E-state index in [2.05, 4.69) is 22.3 Å². The van der Waals surface area contributed by atoms with Gasteiger partial charge in [0, 0.05) is 38.1 Å². The van der Waals surface area contributed by atoms with Crippen LogP contribution >= 0.6 is 0 Å². The van der Waals surface area contributed by atoms with Crippen molar-refractivity contribution in [3.63, 3.8) is 0 Å². The summed E-state index contributed by atoms with van der Waals surface area (Å²) in [5.74, 6) is 0.0532. The molecule has 0 aliphatic carbocycles. The number of nitrogens with one attached hydrogen (secondary N) is 1. The molecular weight excluding hydrogens is 252 g/mol. The van der Waals surface area contributed by atoms with Gasteiger partial charge in [-0.25, -0.2) is 0 Å². The summed E-state index contributed by atoms with van der Waals surface area (Å²) in [4.78, 5) is 15.8. The fourth-order valence-electron chi connectivity index (χ4n) is 2.01. The van der Waals surface area contributed by atoms with Gasteiger partial charge < -0.3 is 5.32 Å². The second-order valence-electron chi connectivity index (χ2n) is 4.73. The Labute approximate surface area is 119 Å². The van der Waals surface area contributed by atoms with Crippen molar-refractivity contribution in [3.8, 4) is 0 Å². The highest BCUT2D eigenvalue weighted by atomic mass is 16.1. The van der Waals surface area contributed by atoms with Crippen molar-refractivity contribution in [1.82, 2.24) is 20.1 Å². The summed E-state index contributed by atoms with van der Waals surface area (Å²) in [5.41, 5.74) is 3.16. The molecule has 0 aliphatic heterocycles. The Morgan fingerprint density at radius 2 is 2.30 bits per heavy atom. The quantitative estimate of drug-likeness (QED) is 0.873. The van der Waals surface area contributed by atoms with Crippen LogP contribution in [0.25, 0.3) is 0 Å². The predicted molar refractivity (Wildman–Crippen MR) is 77.0 cm³/mol. The number of nitrogens with zero attached hydrogens (tertiary/aromatic N) is 3. The molecule has 0 atom stereocenters. The van der Waals surface area contributed by atoms with Crippen LogP contribution in [0.5, 0.6) is 0 Å². The van der Waals surface area contributed by atoms with Crippen LogP contribution in [0, 0.1) is 6.92 Å². The second-order valence-corrected chi connectivity index (χ2v) is 4.73. The van der Waals surface area contributed by atoms with E-state index in [0.717, 1.165) is 29.8 Å². The lowest BCUT2D eigenvalue weighted by atomic mass is 10.1. The third kappa shape index (κ3) is 3.91. The van der Waals surface area contributed by atoms with Crippen molar-refractivity contribution >= 4 is 5.91 Å². The summed E-state index contributed by atoms with van der Waals surface area (Å²) in [6, 6.07) is 3.81. The van der Waals surface area contributed by atoms with Crippen LogP contribution in [0.2, 0.25) is 0 Å². The van der Waals surface area contributed by atoms with Crippen molar-refractivity contribution in [1.29, 1.82) is 0 Å². The number of hydrogen-bond acceptors (Lipinski definition) is 3. The first-order valence-electron chi connectivity index (χ1n) is 6.87. The van der Waals surface area contributed by atoms with E-state index < -0.39 is 0 Å². The maximum atomic E-state index is 11.8. The van der Waals surface area contributed by atoms with Crippen LogP contribution in [0.1, 0.15) is 30.2 Å². The van der Waals surface area contributed by atoms with Crippen LogP contribution < -0.4 is 5.32 Å². The third-order valence-electron chi connectivity index (χ3n) is 3.21. The van der Waals surface area contributed by atoms with Crippen molar-refractivity contribution in [3.05, 3.63) is 47.5 Å². The Kier molecular flexibility index (Phi) is 4.87. The number of carbonyl (C=O) groups is 1. The van der Waals surface area contributed by atoms with E-state index in [-0.39, 0.29) is 5.91 Å². The minimum Gasteiger partial charge on any atom is -0.352 e. The number of pyridine rings is 1. The van der Waals surface area contributed by atoms with Gasteiger partial charge in [-0.15, -0.1) is 0 Å². The molecule has 20 heavy (non-hydrogen) atoms. The molecule has 2 rings (SSSR count). The van der Waals surface area contributed by atoms with Gasteiger partial charge in [-0.05, 0) is 37.5 Å². The smallest absolute Gasteiger partial charge is 0.220 e. The third-order valence-corrected chi connectivity index (χ3v) is 3.21. The highest BCUT2D eigenvalue weighted by Gasteiger charge is 2.07. The topological polar surface area (TPSA) is 59.8 Å². The predicted octanol–water partition coefficient (Wildman–Crippen LogP) is 1.86. The maximum Gasteiger partial charge on any atom is 0.220 e. The first-order chi connectivity index (χ1) is 9.69. The van der Waals surface area contributed by atoms with E-state index >= 15 is 0 Å². The van der Waals surface area contributed by atoms with Gasteiger partial charge in [0.2, 0.25) is 5.91 Å². The SMILES string of the molecule is CCn1cc(CCC(=O)NCc2cccnc2)c(C)n1. The fraction of sp³-hybridized carbons (Fsp3) is 0.400. The largest absolute Gasteiger partial charge is 0.352 e. The lowest BCUT2D eigenvalue weighted by molar-refractivity contribution is -0.121. The molecule has 5 heteroatoms. The monoisotopic (exact) mass is 272 g/mol. The average Bonchev–Trinajstić information content (AvgIpc) is 2.84. The molecule has 1 amide bonds. The normalized spacial score (nSPS) is 10.5. The van der Waals surface area contributed by atoms with Gasteiger partial charge in [0.15, 0.2) is 0 Å². The Morgan fingerprint density at radius 3 is 2.95 bits per heavy atom. The molecule has 0 saturated carbocycles. The molecule has 2 aromatic heterocycles. The Balaban J connectivity index is 1.79. The molecule has 2 heterocycles. The van der Waals surface area contributed by atoms with Gasteiger partial charge in [0.25, 0.3) is 0 Å². The summed E-state index contributed by atoms with van der Waals surface area (Å²) in [6.07, 6.45) is 6.71. The number of amides is 1. The van der Waals surface area contributed by atoms with Crippen molar-refractivity contribution in [2.45, 2.75) is 39.8 Å². The van der Waals surface area contributed by atoms with E-state index in [4.69, 9.17) is 0 Å². The molecule has 1 N–H and O–H groups in total. The molecular formula is C15H20N4O. The van der Waals surface area contributed by atoms with E-state index in [1.54, 1.807) is 12.4 Å². The standard InChI is InChI=1S/C15H20N4O/c1-3-19-11-14(12(2)18-19)6-7-15(20)17-10-13-5-4-8-16-9-13/h4-5,8-9,11H,3,6-7,10H2,1-2H3,(H,17,20). The Bertz CT molecular complexity index is 563. The Hall–Kier alpha value is -2.17. The van der Waals surface area contributed by atoms with Gasteiger partial charge >= 0.3 is 0 Å². The highest BCUT2D eigenvalue weighted by molar-refractivity contribution is 5.76. The van der Waals surface area contributed by atoms with Crippen LogP contribution in [-0.2, 0) is 24.3 Å². The fourth-order valence-corrected chi connectivity index (χ4v) is 2.01. The number of carbonyl (C=O) groups excluding carboxylic acids is 1. The molecule has 0 bridgehead atoms. The summed E-state index contributed by atoms with van der Waals surface area (Å²) < 4.78 is 1.90. The summed E-state index contributed by atoms with van der Waals surface area (Å²) in [6.45, 7) is 5.42. The molecule has 0 aliphatic rings. The zero-order chi connectivity index (χ0) is 14.4. The molecule has 0 saturated heterocycles. The average molecular weight is 272 g/mol. The first kappa shape index (κ1) is 14.2. The molecule has 2 aromatic rings. The van der Waals surface area contributed by atoms with Gasteiger partial charge in [-0.3, -0.25) is 14.5 Å². The zero-order valence-electron chi connectivity index (χ0n) is 12.0. The van der Waals surface area contributed by atoms with Crippen LogP contribution in [-0.4, -0.2) is 20.7 Å². The Morgan fingerprint density at radius 1 is 1.45 bits per heavy atom. The number of rotatable bonds is 6. The summed E-state index contributed by atoms with van der Waals surface area (Å²) >= 11 is 0. The summed E-state index contributed by atoms with van der Waals surface area (Å²) in [7, 11) is 0. The van der Waals surface area contributed by atoms with Crippen LogP contribution in [0.3, 0.4) is 0 Å². The van der Waals surface area contributed by atoms with Gasteiger partial charge in [0.1, 0.15) is 0 Å². The van der Waals surface area contributed by atoms with Crippen LogP contribution in [0.15, 0.2) is 30.7 Å². The van der Waals surface area contributed by atoms with E-state index in [1.165, 1.54) is 0 Å². The molecule has 5 nitrogen and oxygen atoms in total. The molecule has 106 valence electrons. The minimum absolute atomic E-state index is 0.0532. The highest BCUT2D eigenvalue weighted by Crippen LogP contribution is 2.08. The van der Waals surface area contributed by atoms with Gasteiger partial charge in [-0.1, -0.05) is 6.07 Å². The van der Waals surface area contributed by atoms with Gasteiger partial charge in [-0.2, -0.15) is 5.10 Å². The molecule has 0 radical (unpaired) electrons. The van der Waals surface area contributed by atoms with E-state index in [1.807, 2.05) is 29.9 Å². The van der Waals surface area contributed by atoms with Gasteiger partial charge in [0.05, 0.1) is 5.69 Å². The number of aryl methyl sites for hydroxylation is 3. The number of aromatic nitrogens is 3. The molecule has 0 unspecified atom stereocenters. The maximum absolute atomic E-state index is 11.8. The van der Waals surface area contributed by atoms with Crippen LogP contribution in [0.4, 0.5) is 0 Å². The lowest BCUT2D eigenvalue weighted by Gasteiger charge is -2.04. The van der Waals surface area contributed by atoms with E-state index in [9.17, 15) is 4.79 Å². The van der Waals surface area contributed by atoms with Crippen molar-refractivity contribution < 1.29 is 4.79 Å². The lowest BCUT2D eigenvalue weighted by Crippen LogP contribution is -2.23. The molecule has 0 fully saturated rings. The first-order valence-corrected chi connectivity index (χ1v) is 6.87.